The summed E-state index contributed by atoms with van der Waals surface area (Å²) in [5.74, 6) is -1.90. The van der Waals surface area contributed by atoms with E-state index in [4.69, 9.17) is 15.6 Å². The minimum absolute atomic E-state index is 0.0565. The van der Waals surface area contributed by atoms with Gasteiger partial charge in [0.05, 0.1) is 0 Å². The first-order valence-corrected chi connectivity index (χ1v) is 11.2. The molecule has 2 aromatic carbocycles. The normalized spacial score (nSPS) is 13.7. The third kappa shape index (κ3) is 5.92. The van der Waals surface area contributed by atoms with Crippen molar-refractivity contribution in [1.82, 2.24) is 4.90 Å². The van der Waals surface area contributed by atoms with Crippen LogP contribution < -0.4 is 5.73 Å². The van der Waals surface area contributed by atoms with Gasteiger partial charge in [-0.15, -0.1) is 0 Å². The Hall–Kier alpha value is -3.35. The molecule has 0 aliphatic heterocycles. The molecule has 3 rings (SSSR count). The molecule has 7 nitrogen and oxygen atoms in total. The number of aliphatic carboxylic acids is 1. The molecule has 0 unspecified atom stereocenters. The van der Waals surface area contributed by atoms with Crippen molar-refractivity contribution in [2.45, 2.75) is 52.0 Å². The molecule has 0 aromatic heterocycles. The predicted molar refractivity (Wildman–Crippen MR) is 126 cm³/mol. The molecule has 0 saturated carbocycles. The second-order valence-electron chi connectivity index (χ2n) is 9.66. The Kier molecular flexibility index (Phi) is 7.41. The number of primary amides is 1. The Labute approximate surface area is 194 Å². The van der Waals surface area contributed by atoms with Gasteiger partial charge in [0.1, 0.15) is 12.6 Å². The second kappa shape index (κ2) is 10.1. The summed E-state index contributed by atoms with van der Waals surface area (Å²) >= 11 is 0. The molecule has 7 heteroatoms. The fourth-order valence-electron chi connectivity index (χ4n) is 4.22. The predicted octanol–water partition coefficient (Wildman–Crippen LogP) is 4.39. The standard InChI is InChI=1S/C26H32N2O5/c1-26(2,3)14-15-28(22(24(27)31)12-13-23(29)30)25(32)33-16-21-19-10-6-4-8-17(19)18-9-5-7-11-20(18)21/h4-11,21-22H,12-16H2,1-3H3,(H2,27,31)(H,29,30)/t22-/m0/s1. The molecular formula is C26H32N2O5. The third-order valence-electron chi connectivity index (χ3n) is 6.01. The largest absolute Gasteiger partial charge is 0.481 e. The van der Waals surface area contributed by atoms with Crippen LogP contribution in [-0.2, 0) is 14.3 Å². The zero-order valence-corrected chi connectivity index (χ0v) is 19.4. The zero-order valence-electron chi connectivity index (χ0n) is 19.4. The first kappa shape index (κ1) is 24.3. The van der Waals surface area contributed by atoms with E-state index in [0.29, 0.717) is 6.42 Å². The maximum absolute atomic E-state index is 13.2. The average Bonchev–Trinajstić information content (AvgIpc) is 3.07. The van der Waals surface area contributed by atoms with Crippen LogP contribution in [0.15, 0.2) is 48.5 Å². The highest BCUT2D eigenvalue weighted by molar-refractivity contribution is 5.85. The van der Waals surface area contributed by atoms with Crippen LogP contribution in [0.5, 0.6) is 0 Å². The lowest BCUT2D eigenvalue weighted by molar-refractivity contribution is -0.137. The summed E-state index contributed by atoms with van der Waals surface area (Å²) in [6.07, 6.45) is -0.376. The van der Waals surface area contributed by atoms with Crippen LogP contribution in [0.1, 0.15) is 57.1 Å². The van der Waals surface area contributed by atoms with Crippen LogP contribution in [0.2, 0.25) is 0 Å². The number of hydrogen-bond donors (Lipinski definition) is 2. The lowest BCUT2D eigenvalue weighted by Crippen LogP contribution is -2.49. The topological polar surface area (TPSA) is 110 Å². The summed E-state index contributed by atoms with van der Waals surface area (Å²) in [7, 11) is 0. The molecule has 1 aliphatic carbocycles. The number of rotatable bonds is 9. The quantitative estimate of drug-likeness (QED) is 0.586. The van der Waals surface area contributed by atoms with Gasteiger partial charge in [-0.1, -0.05) is 69.3 Å². The number of nitrogens with two attached hydrogens (primary N) is 1. The van der Waals surface area contributed by atoms with Crippen molar-refractivity contribution < 1.29 is 24.2 Å². The van der Waals surface area contributed by atoms with E-state index in [0.717, 1.165) is 22.3 Å². The monoisotopic (exact) mass is 452 g/mol. The minimum Gasteiger partial charge on any atom is -0.481 e. The van der Waals surface area contributed by atoms with Gasteiger partial charge in [-0.25, -0.2) is 4.79 Å². The molecule has 0 radical (unpaired) electrons. The Morgan fingerprint density at radius 1 is 1.03 bits per heavy atom. The Bertz CT molecular complexity index is 982. The number of carbonyl (C=O) groups excluding carboxylic acids is 2. The summed E-state index contributed by atoms with van der Waals surface area (Å²) in [4.78, 5) is 37.7. The number of benzene rings is 2. The third-order valence-corrected chi connectivity index (χ3v) is 6.01. The summed E-state index contributed by atoms with van der Waals surface area (Å²) in [6.45, 7) is 6.44. The zero-order chi connectivity index (χ0) is 24.2. The number of amides is 2. The van der Waals surface area contributed by atoms with Crippen molar-refractivity contribution in [2.75, 3.05) is 13.2 Å². The number of carboxylic acids is 1. The number of ether oxygens (including phenoxy) is 1. The van der Waals surface area contributed by atoms with Gasteiger partial charge < -0.3 is 15.6 Å². The smallest absolute Gasteiger partial charge is 0.410 e. The number of carboxylic acid groups (broad SMARTS) is 1. The molecule has 2 amide bonds. The molecule has 0 bridgehead atoms. The molecule has 176 valence electrons. The second-order valence-corrected chi connectivity index (χ2v) is 9.66. The number of nitrogens with zero attached hydrogens (tertiary/aromatic N) is 1. The van der Waals surface area contributed by atoms with Gasteiger partial charge in [-0.3, -0.25) is 14.5 Å². The minimum atomic E-state index is -1.05. The highest BCUT2D eigenvalue weighted by Gasteiger charge is 2.33. The molecule has 1 aliphatic rings. The van der Waals surface area contributed by atoms with Crippen molar-refractivity contribution in [2.24, 2.45) is 11.1 Å². The van der Waals surface area contributed by atoms with E-state index in [-0.39, 0.29) is 37.3 Å². The van der Waals surface area contributed by atoms with Gasteiger partial charge in [0.25, 0.3) is 0 Å². The van der Waals surface area contributed by atoms with E-state index in [1.54, 1.807) is 0 Å². The Morgan fingerprint density at radius 3 is 2.06 bits per heavy atom. The average molecular weight is 453 g/mol. The van der Waals surface area contributed by atoms with Gasteiger partial charge in [-0.2, -0.15) is 0 Å². The van der Waals surface area contributed by atoms with Crippen LogP contribution in [0, 0.1) is 5.41 Å². The van der Waals surface area contributed by atoms with Crippen molar-refractivity contribution in [3.05, 3.63) is 59.7 Å². The van der Waals surface area contributed by atoms with Crippen LogP contribution in [0.3, 0.4) is 0 Å². The van der Waals surface area contributed by atoms with Crippen LogP contribution in [0.4, 0.5) is 4.79 Å². The maximum atomic E-state index is 13.2. The summed E-state index contributed by atoms with van der Waals surface area (Å²) in [5, 5.41) is 9.07. The molecular weight excluding hydrogens is 420 g/mol. The SMILES string of the molecule is CC(C)(C)CCN(C(=O)OCC1c2ccccc2-c2ccccc21)[C@@H](CCC(=O)O)C(N)=O. The number of fused-ring (bicyclic) bond motifs is 3. The van der Waals surface area contributed by atoms with Crippen molar-refractivity contribution in [3.63, 3.8) is 0 Å². The van der Waals surface area contributed by atoms with Crippen LogP contribution in [0.25, 0.3) is 11.1 Å². The van der Waals surface area contributed by atoms with E-state index >= 15 is 0 Å². The van der Waals surface area contributed by atoms with Gasteiger partial charge in [-0.05, 0) is 40.5 Å². The highest BCUT2D eigenvalue weighted by atomic mass is 16.6. The molecule has 0 heterocycles. The molecule has 0 spiro atoms. The molecule has 33 heavy (non-hydrogen) atoms. The Morgan fingerprint density at radius 2 is 1.58 bits per heavy atom. The molecule has 2 aromatic rings. The van der Waals surface area contributed by atoms with Crippen molar-refractivity contribution in [3.8, 4) is 11.1 Å². The Balaban J connectivity index is 1.80. The van der Waals surface area contributed by atoms with E-state index in [1.807, 2.05) is 57.2 Å². The molecule has 0 saturated heterocycles. The van der Waals surface area contributed by atoms with Crippen molar-refractivity contribution in [1.29, 1.82) is 0 Å². The van der Waals surface area contributed by atoms with E-state index in [1.165, 1.54) is 4.90 Å². The van der Waals surface area contributed by atoms with E-state index < -0.39 is 24.0 Å². The lowest BCUT2D eigenvalue weighted by atomic mass is 9.92. The maximum Gasteiger partial charge on any atom is 0.410 e. The van der Waals surface area contributed by atoms with Crippen molar-refractivity contribution >= 4 is 18.0 Å². The van der Waals surface area contributed by atoms with E-state index in [2.05, 4.69) is 12.1 Å². The summed E-state index contributed by atoms with van der Waals surface area (Å²) < 4.78 is 5.74. The van der Waals surface area contributed by atoms with Gasteiger partial charge in [0, 0.05) is 18.9 Å². The molecule has 0 fully saturated rings. The summed E-state index contributed by atoms with van der Waals surface area (Å²) in [5.41, 5.74) is 9.88. The summed E-state index contributed by atoms with van der Waals surface area (Å²) in [6, 6.07) is 15.0. The highest BCUT2D eigenvalue weighted by Crippen LogP contribution is 2.44. The van der Waals surface area contributed by atoms with Gasteiger partial charge in [0.15, 0.2) is 0 Å². The van der Waals surface area contributed by atoms with Gasteiger partial charge >= 0.3 is 12.1 Å². The number of carbonyl (C=O) groups is 3. The first-order chi connectivity index (χ1) is 15.6. The van der Waals surface area contributed by atoms with Crippen LogP contribution >= 0.6 is 0 Å². The molecule has 3 N–H and O–H groups in total. The fourth-order valence-corrected chi connectivity index (χ4v) is 4.22. The fraction of sp³-hybridized carbons (Fsp3) is 0.423. The lowest BCUT2D eigenvalue weighted by Gasteiger charge is -2.31. The molecule has 1 atom stereocenters. The number of hydrogen-bond acceptors (Lipinski definition) is 4. The van der Waals surface area contributed by atoms with Gasteiger partial charge in [0.2, 0.25) is 5.91 Å². The van der Waals surface area contributed by atoms with E-state index in [9.17, 15) is 14.4 Å². The van der Waals surface area contributed by atoms with Crippen LogP contribution in [-0.4, -0.2) is 47.2 Å². The first-order valence-electron chi connectivity index (χ1n) is 11.2.